The summed E-state index contributed by atoms with van der Waals surface area (Å²) in [6.07, 6.45) is 12.1. The standard InChI is InChI=1S/C13H30N.C10H24N.C7H18N.C2H7NO.4H2O/c1-5-8-11-14(4,12-9-6-2)13-10-7-3;1-5-8-11(4,9-6-2)10-7-3;1-5-8(4,6-2)7-3;1-2-4-3;;;;/h5-13H2,1-4H3;5-10H2,1-4H3;5-7H2,1-4H3;2-3H2,1H3;4*1H2/q3*+1;;;;;/p-3. The molecule has 41 heavy (non-hydrogen) atoms. The van der Waals surface area contributed by atoms with Crippen molar-refractivity contribution < 1.29 is 40.2 Å². The van der Waals surface area contributed by atoms with Gasteiger partial charge in [-0.2, -0.15) is 0 Å². The molecule has 0 fully saturated rings. The second-order valence-electron chi connectivity index (χ2n) is 11.7. The summed E-state index contributed by atoms with van der Waals surface area (Å²) in [5.41, 5.74) is 0. The van der Waals surface area contributed by atoms with Crippen LogP contribution in [0.1, 0.15) is 127 Å². The number of unbranched alkanes of at least 4 members (excludes halogenated alkanes) is 3. The predicted molar refractivity (Wildman–Crippen MR) is 180 cm³/mol. The second-order valence-corrected chi connectivity index (χ2v) is 11.7. The van der Waals surface area contributed by atoms with Gasteiger partial charge in [0.05, 0.1) is 86.7 Å². The van der Waals surface area contributed by atoms with Crippen LogP contribution in [0.4, 0.5) is 0 Å². The van der Waals surface area contributed by atoms with E-state index in [9.17, 15) is 0 Å². The topological polar surface area (TPSA) is 157 Å². The van der Waals surface area contributed by atoms with Crippen LogP contribution in [0.2, 0.25) is 0 Å². The Hall–Kier alpha value is -0.360. The molecule has 0 amide bonds. The molecule has 0 heterocycles. The molecular weight excluding hydrogens is 520 g/mol. The zero-order valence-corrected chi connectivity index (χ0v) is 30.6. The Morgan fingerprint density at radius 1 is 0.415 bits per heavy atom. The lowest BCUT2D eigenvalue weighted by Gasteiger charge is -2.34. The van der Waals surface area contributed by atoms with Crippen LogP contribution in [0.25, 0.3) is 0 Å². The fourth-order valence-electron chi connectivity index (χ4n) is 4.58. The van der Waals surface area contributed by atoms with Crippen LogP contribution >= 0.6 is 0 Å². The maximum Gasteiger partial charge on any atom is 0.0784 e. The van der Waals surface area contributed by atoms with Gasteiger partial charge in [-0.25, -0.2) is 5.90 Å². The quantitative estimate of drug-likeness (QED) is 0.131. The molecule has 0 rings (SSSR count). The molecule has 9 nitrogen and oxygen atoms in total. The highest BCUT2D eigenvalue weighted by Crippen LogP contribution is 2.11. The van der Waals surface area contributed by atoms with Gasteiger partial charge < -0.3 is 40.2 Å². The Bertz CT molecular complexity index is 380. The summed E-state index contributed by atoms with van der Waals surface area (Å²) < 4.78 is 3.80. The van der Waals surface area contributed by atoms with E-state index in [1.54, 1.807) is 0 Å². The van der Waals surface area contributed by atoms with Gasteiger partial charge in [-0.05, 0) is 66.2 Å². The van der Waals surface area contributed by atoms with E-state index in [1.807, 2.05) is 6.92 Å². The fourth-order valence-corrected chi connectivity index (χ4v) is 4.58. The minimum absolute atomic E-state index is 0. The summed E-state index contributed by atoms with van der Waals surface area (Å²) in [4.78, 5) is 4.04. The summed E-state index contributed by atoms with van der Waals surface area (Å²) in [5, 5.41) is 0. The molecule has 0 saturated carbocycles. The van der Waals surface area contributed by atoms with Crippen LogP contribution in [-0.2, 0) is 4.84 Å². The fraction of sp³-hybridized carbons (Fsp3) is 1.00. The maximum absolute atomic E-state index is 4.53. The van der Waals surface area contributed by atoms with Crippen molar-refractivity contribution in [3.63, 3.8) is 0 Å². The Kier molecular flexibility index (Phi) is 61.1. The summed E-state index contributed by atoms with van der Waals surface area (Å²) in [6, 6.07) is 0. The summed E-state index contributed by atoms with van der Waals surface area (Å²) in [6.45, 7) is 34.9. The third kappa shape index (κ3) is 41.8. The Morgan fingerprint density at radius 3 is 0.756 bits per heavy atom. The Morgan fingerprint density at radius 2 is 0.634 bits per heavy atom. The zero-order valence-electron chi connectivity index (χ0n) is 30.6. The maximum atomic E-state index is 4.53. The molecule has 0 radical (unpaired) electrons. The van der Waals surface area contributed by atoms with Crippen LogP contribution in [0.5, 0.6) is 0 Å². The van der Waals surface area contributed by atoms with E-state index < -0.39 is 0 Å². The van der Waals surface area contributed by atoms with Gasteiger partial charge in [-0.3, -0.25) is 0 Å². The number of hydrogen-bond donors (Lipinski definition) is 1. The van der Waals surface area contributed by atoms with E-state index in [4.69, 9.17) is 0 Å². The number of nitrogens with two attached hydrogens (primary N) is 1. The van der Waals surface area contributed by atoms with Gasteiger partial charge in [0.15, 0.2) is 0 Å². The molecule has 7 N–H and O–H groups in total. The van der Waals surface area contributed by atoms with Gasteiger partial charge in [-0.15, -0.1) is 0 Å². The third-order valence-electron chi connectivity index (χ3n) is 7.90. The highest BCUT2D eigenvalue weighted by atomic mass is 16.6. The Labute approximate surface area is 259 Å². The highest BCUT2D eigenvalue weighted by Gasteiger charge is 2.19. The first-order chi connectivity index (χ1) is 17.5. The van der Waals surface area contributed by atoms with Crippen molar-refractivity contribution in [2.24, 2.45) is 5.90 Å². The van der Waals surface area contributed by atoms with Crippen molar-refractivity contribution in [3.8, 4) is 0 Å². The molecule has 0 atom stereocenters. The van der Waals surface area contributed by atoms with E-state index in [2.05, 4.69) is 94.2 Å². The van der Waals surface area contributed by atoms with E-state index >= 15 is 0 Å². The summed E-state index contributed by atoms with van der Waals surface area (Å²) in [5.74, 6) is 4.53. The van der Waals surface area contributed by atoms with Gasteiger partial charge in [0.2, 0.25) is 0 Å². The van der Waals surface area contributed by atoms with Gasteiger partial charge in [0.1, 0.15) is 0 Å². The van der Waals surface area contributed by atoms with E-state index in [0.717, 1.165) is 0 Å². The molecule has 0 saturated heterocycles. The van der Waals surface area contributed by atoms with Gasteiger partial charge in [-0.1, -0.05) is 60.8 Å². The summed E-state index contributed by atoms with van der Waals surface area (Å²) >= 11 is 0. The van der Waals surface area contributed by atoms with Crippen molar-refractivity contribution in [3.05, 3.63) is 0 Å². The molecular formula is C32H84N4O5. The number of quaternary nitrogens is 3. The number of nitrogens with zero attached hydrogens (tertiary/aromatic N) is 3. The third-order valence-corrected chi connectivity index (χ3v) is 7.90. The minimum atomic E-state index is 0. The average molecular weight is 605 g/mol. The Balaban J connectivity index is -0.0000000609. The second kappa shape index (κ2) is 41.8. The predicted octanol–water partition coefficient (Wildman–Crippen LogP) is 6.53. The van der Waals surface area contributed by atoms with Crippen molar-refractivity contribution >= 4 is 0 Å². The van der Waals surface area contributed by atoms with E-state index in [1.165, 1.54) is 130 Å². The van der Waals surface area contributed by atoms with Crippen LogP contribution in [0.3, 0.4) is 0 Å². The van der Waals surface area contributed by atoms with Crippen molar-refractivity contribution in [1.29, 1.82) is 0 Å². The molecule has 0 aliphatic carbocycles. The average Bonchev–Trinajstić information content (AvgIpc) is 2.90. The lowest BCUT2D eigenvalue weighted by Crippen LogP contribution is -2.46. The molecule has 9 heteroatoms. The lowest BCUT2D eigenvalue weighted by molar-refractivity contribution is -0.910. The minimum Gasteiger partial charge on any atom is -0.870 e. The molecule has 0 unspecified atom stereocenters. The largest absolute Gasteiger partial charge is 0.870 e. The van der Waals surface area contributed by atoms with Gasteiger partial charge >= 0.3 is 0 Å². The van der Waals surface area contributed by atoms with Gasteiger partial charge in [0.25, 0.3) is 0 Å². The molecule has 0 aliphatic rings. The van der Waals surface area contributed by atoms with E-state index in [-0.39, 0.29) is 21.9 Å². The monoisotopic (exact) mass is 605 g/mol. The first kappa shape index (κ1) is 59.9. The smallest absolute Gasteiger partial charge is 0.0784 e. The summed E-state index contributed by atoms with van der Waals surface area (Å²) in [7, 11) is 7.12. The number of hydrogen-bond acceptors (Lipinski definition) is 5. The number of rotatable bonds is 19. The first-order valence-electron chi connectivity index (χ1n) is 16.3. The zero-order chi connectivity index (χ0) is 29.6. The lowest BCUT2D eigenvalue weighted by atomic mass is 10.2. The molecule has 0 aromatic rings. The van der Waals surface area contributed by atoms with Crippen molar-refractivity contribution in [2.45, 2.75) is 127 Å². The molecule has 0 aromatic heterocycles. The normalized spacial score (nSPS) is 10.4. The van der Waals surface area contributed by atoms with Crippen molar-refractivity contribution in [1.82, 2.24) is 0 Å². The molecule has 0 aromatic carbocycles. The first-order valence-corrected chi connectivity index (χ1v) is 16.3. The highest BCUT2D eigenvalue weighted by molar-refractivity contribution is 4.44. The SMILES string of the molecule is CCCC[N+](C)(CCCC)CCCC.CCC[N+](C)(CCC)CCC.CCON.CC[N+](C)(CC)CC.O.[OH-].[OH-].[OH-]. The van der Waals surface area contributed by atoms with Crippen LogP contribution in [0, 0.1) is 0 Å². The molecule has 262 valence electrons. The molecule has 0 aliphatic heterocycles. The van der Waals surface area contributed by atoms with E-state index in [0.29, 0.717) is 6.61 Å². The molecule has 0 spiro atoms. The van der Waals surface area contributed by atoms with Crippen LogP contribution in [-0.4, -0.2) is 122 Å². The van der Waals surface area contributed by atoms with Crippen LogP contribution < -0.4 is 5.90 Å². The molecule has 0 bridgehead atoms. The van der Waals surface area contributed by atoms with Gasteiger partial charge in [0, 0.05) is 0 Å². The van der Waals surface area contributed by atoms with Crippen molar-refractivity contribution in [2.75, 3.05) is 86.7 Å². The van der Waals surface area contributed by atoms with Crippen LogP contribution in [0.15, 0.2) is 0 Å².